The van der Waals surface area contributed by atoms with Crippen molar-refractivity contribution >= 4 is 11.3 Å². The quantitative estimate of drug-likeness (QED) is 0.890. The summed E-state index contributed by atoms with van der Waals surface area (Å²) in [5.74, 6) is 0. The van der Waals surface area contributed by atoms with E-state index in [1.165, 1.54) is 17.4 Å². The van der Waals surface area contributed by atoms with Gasteiger partial charge in [-0.05, 0) is 41.1 Å². The number of hydrogen-bond acceptors (Lipinski definition) is 2. The Morgan fingerprint density at radius 2 is 2.00 bits per heavy atom. The molecule has 2 rings (SSSR count). The summed E-state index contributed by atoms with van der Waals surface area (Å²) in [6, 6.07) is 6.69. The lowest BCUT2D eigenvalue weighted by molar-refractivity contribution is -0.137. The van der Waals surface area contributed by atoms with Crippen LogP contribution in [0.25, 0.3) is 0 Å². The van der Waals surface area contributed by atoms with E-state index in [1.54, 1.807) is 6.07 Å². The number of nitrogens with two attached hydrogens (primary N) is 1. The van der Waals surface area contributed by atoms with E-state index in [9.17, 15) is 13.2 Å². The van der Waals surface area contributed by atoms with Crippen molar-refractivity contribution in [2.45, 2.75) is 25.6 Å². The lowest BCUT2D eigenvalue weighted by atomic mass is 10.0. The molecule has 0 aliphatic heterocycles. The molecule has 0 saturated heterocycles. The smallest absolute Gasteiger partial charge is 0.320 e. The molecular formula is C14H14F3NS. The second-order valence-corrected chi connectivity index (χ2v) is 5.21. The molecule has 5 heteroatoms. The molecule has 1 unspecified atom stereocenters. The van der Waals surface area contributed by atoms with Crippen molar-refractivity contribution in [2.24, 2.45) is 5.73 Å². The van der Waals surface area contributed by atoms with Gasteiger partial charge in [-0.3, -0.25) is 0 Å². The molecule has 0 bridgehead atoms. The largest absolute Gasteiger partial charge is 0.416 e. The van der Waals surface area contributed by atoms with Gasteiger partial charge in [0.1, 0.15) is 0 Å². The van der Waals surface area contributed by atoms with Crippen LogP contribution in [0, 0.1) is 0 Å². The van der Waals surface area contributed by atoms with E-state index in [0.717, 1.165) is 29.0 Å². The Hall–Kier alpha value is -1.33. The topological polar surface area (TPSA) is 26.0 Å². The molecule has 0 saturated carbocycles. The van der Waals surface area contributed by atoms with Crippen molar-refractivity contribution in [3.8, 4) is 0 Å². The Morgan fingerprint density at radius 3 is 2.63 bits per heavy atom. The highest BCUT2D eigenvalue weighted by atomic mass is 32.1. The number of rotatable bonds is 3. The third kappa shape index (κ3) is 2.98. The molecular weight excluding hydrogens is 271 g/mol. The minimum atomic E-state index is -4.33. The SMILES string of the molecule is CCc1ccsc1C(N)c1cccc(C(F)(F)F)c1. The van der Waals surface area contributed by atoms with Crippen LogP contribution in [0.4, 0.5) is 13.2 Å². The molecule has 0 aliphatic rings. The molecule has 19 heavy (non-hydrogen) atoms. The van der Waals surface area contributed by atoms with Gasteiger partial charge in [-0.1, -0.05) is 19.1 Å². The summed E-state index contributed by atoms with van der Waals surface area (Å²) in [5.41, 5.74) is 7.02. The van der Waals surface area contributed by atoms with Crippen LogP contribution >= 0.6 is 11.3 Å². The van der Waals surface area contributed by atoms with Crippen molar-refractivity contribution < 1.29 is 13.2 Å². The number of aryl methyl sites for hydroxylation is 1. The Bertz CT molecular complexity index is 560. The third-order valence-electron chi connectivity index (χ3n) is 3.02. The first-order chi connectivity index (χ1) is 8.93. The van der Waals surface area contributed by atoms with Gasteiger partial charge in [-0.2, -0.15) is 13.2 Å². The molecule has 1 aromatic heterocycles. The van der Waals surface area contributed by atoms with Gasteiger partial charge >= 0.3 is 6.18 Å². The summed E-state index contributed by atoms with van der Waals surface area (Å²) in [6.07, 6.45) is -3.51. The van der Waals surface area contributed by atoms with Crippen molar-refractivity contribution in [1.29, 1.82) is 0 Å². The van der Waals surface area contributed by atoms with Crippen molar-refractivity contribution in [1.82, 2.24) is 0 Å². The summed E-state index contributed by atoms with van der Waals surface area (Å²) in [4.78, 5) is 0.932. The fourth-order valence-electron chi connectivity index (χ4n) is 1.97. The molecule has 1 aromatic carbocycles. The Labute approximate surface area is 113 Å². The van der Waals surface area contributed by atoms with Gasteiger partial charge in [-0.15, -0.1) is 11.3 Å². The van der Waals surface area contributed by atoms with Crippen LogP contribution in [0.5, 0.6) is 0 Å². The predicted molar refractivity (Wildman–Crippen MR) is 71.2 cm³/mol. The molecule has 2 N–H and O–H groups in total. The standard InChI is InChI=1S/C14H14F3NS/c1-2-9-6-7-19-13(9)12(18)10-4-3-5-11(8-10)14(15,16)17/h3-8,12H,2,18H2,1H3. The molecule has 0 radical (unpaired) electrons. The summed E-state index contributed by atoms with van der Waals surface area (Å²) in [6.45, 7) is 2.00. The van der Waals surface area contributed by atoms with E-state index in [4.69, 9.17) is 5.73 Å². The second-order valence-electron chi connectivity index (χ2n) is 4.26. The van der Waals surface area contributed by atoms with Crippen LogP contribution < -0.4 is 5.73 Å². The first-order valence-electron chi connectivity index (χ1n) is 5.92. The average molecular weight is 285 g/mol. The molecule has 1 heterocycles. The van der Waals surface area contributed by atoms with Gasteiger partial charge in [0.25, 0.3) is 0 Å². The highest BCUT2D eigenvalue weighted by Crippen LogP contribution is 2.33. The van der Waals surface area contributed by atoms with Crippen LogP contribution in [0.2, 0.25) is 0 Å². The molecule has 1 nitrogen and oxygen atoms in total. The zero-order valence-corrected chi connectivity index (χ0v) is 11.2. The summed E-state index contributed by atoms with van der Waals surface area (Å²) < 4.78 is 38.0. The van der Waals surface area contributed by atoms with Gasteiger partial charge in [0, 0.05) is 4.88 Å². The highest BCUT2D eigenvalue weighted by Gasteiger charge is 2.31. The number of thiophene rings is 1. The zero-order chi connectivity index (χ0) is 14.0. The van der Waals surface area contributed by atoms with Crippen LogP contribution in [0.3, 0.4) is 0 Å². The van der Waals surface area contributed by atoms with Crippen molar-refractivity contribution in [3.05, 3.63) is 57.3 Å². The Balaban J connectivity index is 2.37. The van der Waals surface area contributed by atoms with Gasteiger partial charge in [0.15, 0.2) is 0 Å². The van der Waals surface area contributed by atoms with E-state index in [0.29, 0.717) is 5.56 Å². The molecule has 2 aromatic rings. The summed E-state index contributed by atoms with van der Waals surface area (Å²) in [7, 11) is 0. The number of alkyl halides is 3. The molecule has 0 amide bonds. The van der Waals surface area contributed by atoms with Gasteiger partial charge < -0.3 is 5.73 Å². The summed E-state index contributed by atoms with van der Waals surface area (Å²) >= 11 is 1.48. The normalized spacial score (nSPS) is 13.5. The lowest BCUT2D eigenvalue weighted by Gasteiger charge is -2.15. The van der Waals surface area contributed by atoms with E-state index < -0.39 is 17.8 Å². The second kappa shape index (κ2) is 5.35. The number of halogens is 3. The lowest BCUT2D eigenvalue weighted by Crippen LogP contribution is -2.13. The van der Waals surface area contributed by atoms with E-state index in [2.05, 4.69) is 0 Å². The maximum absolute atomic E-state index is 12.7. The monoisotopic (exact) mass is 285 g/mol. The summed E-state index contributed by atoms with van der Waals surface area (Å²) in [5, 5.41) is 1.92. The van der Waals surface area contributed by atoms with Crippen LogP contribution in [-0.2, 0) is 12.6 Å². The van der Waals surface area contributed by atoms with Crippen molar-refractivity contribution in [2.75, 3.05) is 0 Å². The van der Waals surface area contributed by atoms with Crippen molar-refractivity contribution in [3.63, 3.8) is 0 Å². The van der Waals surface area contributed by atoms with E-state index in [-0.39, 0.29) is 0 Å². The van der Waals surface area contributed by atoms with E-state index >= 15 is 0 Å². The minimum Gasteiger partial charge on any atom is -0.320 e. The number of hydrogen-bond donors (Lipinski definition) is 1. The fraction of sp³-hybridized carbons (Fsp3) is 0.286. The van der Waals surface area contributed by atoms with Gasteiger partial charge in [-0.25, -0.2) is 0 Å². The maximum atomic E-state index is 12.7. The maximum Gasteiger partial charge on any atom is 0.416 e. The van der Waals surface area contributed by atoms with Crippen LogP contribution in [-0.4, -0.2) is 0 Å². The van der Waals surface area contributed by atoms with Crippen LogP contribution in [0.15, 0.2) is 35.7 Å². The molecule has 0 aliphatic carbocycles. The molecule has 0 spiro atoms. The van der Waals surface area contributed by atoms with E-state index in [1.807, 2.05) is 18.4 Å². The Morgan fingerprint density at radius 1 is 1.26 bits per heavy atom. The van der Waals surface area contributed by atoms with Crippen LogP contribution in [0.1, 0.15) is 34.5 Å². The highest BCUT2D eigenvalue weighted by molar-refractivity contribution is 7.10. The first kappa shape index (κ1) is 14.1. The molecule has 102 valence electrons. The third-order valence-corrected chi connectivity index (χ3v) is 4.06. The molecule has 0 fully saturated rings. The first-order valence-corrected chi connectivity index (χ1v) is 6.80. The fourth-order valence-corrected chi connectivity index (χ4v) is 3.00. The zero-order valence-electron chi connectivity index (χ0n) is 10.4. The Kier molecular flexibility index (Phi) is 3.96. The minimum absolute atomic E-state index is 0.493. The van der Waals surface area contributed by atoms with Gasteiger partial charge in [0.2, 0.25) is 0 Å². The number of benzene rings is 1. The average Bonchev–Trinajstić information content (AvgIpc) is 2.85. The van der Waals surface area contributed by atoms with Gasteiger partial charge in [0.05, 0.1) is 11.6 Å². The molecule has 1 atom stereocenters. The predicted octanol–water partition coefficient (Wildman–Crippen LogP) is 4.38.